The number of hydrogen-bond donors (Lipinski definition) is 2. The maximum atomic E-state index is 12.4. The first-order valence-electron chi connectivity index (χ1n) is 7.35. The Morgan fingerprint density at radius 3 is 2.09 bits per heavy atom. The molecule has 1 heterocycles. The molecule has 22 heavy (non-hydrogen) atoms. The van der Waals surface area contributed by atoms with Gasteiger partial charge in [-0.1, -0.05) is 0 Å². The zero-order chi connectivity index (χ0) is 15.9. The minimum Gasteiger partial charge on any atom is -0.481 e. The third kappa shape index (κ3) is 2.45. The summed E-state index contributed by atoms with van der Waals surface area (Å²) in [6.07, 6.45) is 2.22. The van der Waals surface area contributed by atoms with E-state index in [1.165, 1.54) is 0 Å². The molecule has 1 unspecified atom stereocenters. The number of rotatable bonds is 3. The van der Waals surface area contributed by atoms with Gasteiger partial charge in [0.05, 0.1) is 5.92 Å². The van der Waals surface area contributed by atoms with Gasteiger partial charge in [-0.05, 0) is 48.9 Å². The van der Waals surface area contributed by atoms with E-state index in [4.69, 9.17) is 10.8 Å². The van der Waals surface area contributed by atoms with Crippen LogP contribution in [0.15, 0.2) is 24.3 Å². The molecule has 0 aromatic heterocycles. The van der Waals surface area contributed by atoms with E-state index in [1.807, 2.05) is 0 Å². The highest BCUT2D eigenvalue weighted by molar-refractivity contribution is 5.97. The van der Waals surface area contributed by atoms with Gasteiger partial charge in [-0.2, -0.15) is 0 Å². The van der Waals surface area contributed by atoms with Crippen molar-refractivity contribution >= 4 is 17.8 Å². The number of hydrogen-bond acceptors (Lipinski definition) is 3. The van der Waals surface area contributed by atoms with Crippen molar-refractivity contribution in [3.05, 3.63) is 35.4 Å². The number of carbonyl (C=O) groups excluding carboxylic acids is 2. The van der Waals surface area contributed by atoms with Crippen molar-refractivity contribution in [1.82, 2.24) is 4.90 Å². The third-order valence-corrected chi connectivity index (χ3v) is 4.95. The number of piperidine rings is 1. The standard InChI is InChI=1S/C16H18N2O4/c17-13(19)10-1-3-11(4-2-10)14(20)18-7-5-16(6-8-18)9-12(16)15(21)22/h1-4,12H,5-9H2,(H2,17,19)(H,21,22). The number of carboxylic acid groups (broad SMARTS) is 1. The minimum atomic E-state index is -0.721. The number of primary amides is 1. The molecule has 3 rings (SSSR count). The summed E-state index contributed by atoms with van der Waals surface area (Å²) in [6.45, 7) is 1.17. The molecule has 6 heteroatoms. The molecule has 2 fully saturated rings. The Balaban J connectivity index is 1.63. The van der Waals surface area contributed by atoms with E-state index >= 15 is 0 Å². The predicted molar refractivity (Wildman–Crippen MR) is 78.3 cm³/mol. The highest BCUT2D eigenvalue weighted by Gasteiger charge is 2.59. The maximum absolute atomic E-state index is 12.4. The second-order valence-electron chi connectivity index (χ2n) is 6.19. The number of likely N-dealkylation sites (tertiary alicyclic amines) is 1. The molecular weight excluding hydrogens is 284 g/mol. The number of carbonyl (C=O) groups is 3. The van der Waals surface area contributed by atoms with E-state index in [-0.39, 0.29) is 17.2 Å². The van der Waals surface area contributed by atoms with Gasteiger partial charge in [-0.15, -0.1) is 0 Å². The Kier molecular flexibility index (Phi) is 3.39. The molecule has 1 aliphatic heterocycles. The van der Waals surface area contributed by atoms with E-state index in [9.17, 15) is 14.4 Å². The Morgan fingerprint density at radius 2 is 1.64 bits per heavy atom. The van der Waals surface area contributed by atoms with Crippen LogP contribution in [0.5, 0.6) is 0 Å². The van der Waals surface area contributed by atoms with Gasteiger partial charge in [-0.25, -0.2) is 0 Å². The van der Waals surface area contributed by atoms with E-state index in [2.05, 4.69) is 0 Å². The van der Waals surface area contributed by atoms with Gasteiger partial charge in [0.2, 0.25) is 5.91 Å². The number of nitrogens with two attached hydrogens (primary N) is 1. The fourth-order valence-corrected chi connectivity index (χ4v) is 3.36. The average molecular weight is 302 g/mol. The fourth-order valence-electron chi connectivity index (χ4n) is 3.36. The van der Waals surface area contributed by atoms with Gasteiger partial charge in [0.1, 0.15) is 0 Å². The van der Waals surface area contributed by atoms with Crippen LogP contribution in [-0.2, 0) is 4.79 Å². The van der Waals surface area contributed by atoms with Crippen LogP contribution in [0, 0.1) is 11.3 Å². The molecule has 3 N–H and O–H groups in total. The lowest BCUT2D eigenvalue weighted by Crippen LogP contribution is -2.40. The zero-order valence-electron chi connectivity index (χ0n) is 12.1. The number of aliphatic carboxylic acids is 1. The molecule has 2 aliphatic rings. The van der Waals surface area contributed by atoms with Crippen molar-refractivity contribution in [3.63, 3.8) is 0 Å². The summed E-state index contributed by atoms with van der Waals surface area (Å²) in [5.74, 6) is -1.56. The summed E-state index contributed by atoms with van der Waals surface area (Å²) in [5, 5.41) is 9.08. The molecule has 6 nitrogen and oxygen atoms in total. The fraction of sp³-hybridized carbons (Fsp3) is 0.438. The lowest BCUT2D eigenvalue weighted by atomic mass is 9.90. The van der Waals surface area contributed by atoms with Gasteiger partial charge in [0.15, 0.2) is 0 Å². The lowest BCUT2D eigenvalue weighted by molar-refractivity contribution is -0.139. The van der Waals surface area contributed by atoms with Crippen molar-refractivity contribution in [2.24, 2.45) is 17.1 Å². The van der Waals surface area contributed by atoms with Crippen molar-refractivity contribution in [1.29, 1.82) is 0 Å². The predicted octanol–water partition coefficient (Wildman–Crippen LogP) is 1.11. The summed E-state index contributed by atoms with van der Waals surface area (Å²) in [4.78, 5) is 36.2. The monoisotopic (exact) mass is 302 g/mol. The Hall–Kier alpha value is -2.37. The first-order valence-corrected chi connectivity index (χ1v) is 7.35. The number of benzene rings is 1. The molecule has 1 spiro atoms. The van der Waals surface area contributed by atoms with E-state index in [1.54, 1.807) is 29.2 Å². The molecule has 1 saturated heterocycles. The molecule has 116 valence electrons. The molecule has 0 radical (unpaired) electrons. The summed E-state index contributed by atoms with van der Waals surface area (Å²) in [6, 6.07) is 6.29. The minimum absolute atomic E-state index is 0.0848. The van der Waals surface area contributed by atoms with Crippen molar-refractivity contribution in [2.45, 2.75) is 19.3 Å². The van der Waals surface area contributed by atoms with Crippen LogP contribution < -0.4 is 5.73 Å². The van der Waals surface area contributed by atoms with Crippen molar-refractivity contribution in [3.8, 4) is 0 Å². The number of amides is 2. The van der Waals surface area contributed by atoms with Crippen LogP contribution in [0.3, 0.4) is 0 Å². The molecular formula is C16H18N2O4. The molecule has 1 aliphatic carbocycles. The van der Waals surface area contributed by atoms with Gasteiger partial charge in [0.25, 0.3) is 5.91 Å². The van der Waals surface area contributed by atoms with Crippen LogP contribution in [-0.4, -0.2) is 40.9 Å². The molecule has 1 saturated carbocycles. The largest absolute Gasteiger partial charge is 0.481 e. The third-order valence-electron chi connectivity index (χ3n) is 4.95. The summed E-state index contributed by atoms with van der Waals surface area (Å²) >= 11 is 0. The molecule has 1 atom stereocenters. The maximum Gasteiger partial charge on any atom is 0.307 e. The van der Waals surface area contributed by atoms with Crippen LogP contribution in [0.1, 0.15) is 40.0 Å². The normalized spacial score (nSPS) is 22.4. The van der Waals surface area contributed by atoms with Gasteiger partial charge in [0, 0.05) is 24.2 Å². The molecule has 0 bridgehead atoms. The summed E-state index contributed by atoms with van der Waals surface area (Å²) < 4.78 is 0. The number of nitrogens with zero attached hydrogens (tertiary/aromatic N) is 1. The summed E-state index contributed by atoms with van der Waals surface area (Å²) in [5.41, 5.74) is 5.98. The zero-order valence-corrected chi connectivity index (χ0v) is 12.1. The molecule has 2 amide bonds. The van der Waals surface area contributed by atoms with Gasteiger partial charge < -0.3 is 15.7 Å². The van der Waals surface area contributed by atoms with Crippen molar-refractivity contribution in [2.75, 3.05) is 13.1 Å². The summed E-state index contributed by atoms with van der Waals surface area (Å²) in [7, 11) is 0. The second-order valence-corrected chi connectivity index (χ2v) is 6.19. The SMILES string of the molecule is NC(=O)c1ccc(C(=O)N2CCC3(CC2)CC3C(=O)O)cc1. The highest BCUT2D eigenvalue weighted by atomic mass is 16.4. The van der Waals surface area contributed by atoms with Gasteiger partial charge >= 0.3 is 5.97 Å². The Labute approximate surface area is 127 Å². The smallest absolute Gasteiger partial charge is 0.307 e. The number of carboxylic acids is 1. The molecule has 1 aromatic carbocycles. The molecule has 1 aromatic rings. The highest BCUT2D eigenvalue weighted by Crippen LogP contribution is 2.59. The first-order chi connectivity index (χ1) is 10.4. The van der Waals surface area contributed by atoms with E-state index < -0.39 is 11.9 Å². The first kappa shape index (κ1) is 14.6. The average Bonchev–Trinajstić information content (AvgIpc) is 3.21. The van der Waals surface area contributed by atoms with Crippen LogP contribution in [0.2, 0.25) is 0 Å². The lowest BCUT2D eigenvalue weighted by Gasteiger charge is -2.32. The Bertz CT molecular complexity index is 630. The topological polar surface area (TPSA) is 101 Å². The van der Waals surface area contributed by atoms with E-state index in [0.717, 1.165) is 19.3 Å². The second kappa shape index (κ2) is 5.12. The van der Waals surface area contributed by atoms with E-state index in [0.29, 0.717) is 24.2 Å². The van der Waals surface area contributed by atoms with Crippen LogP contribution >= 0.6 is 0 Å². The quantitative estimate of drug-likeness (QED) is 0.873. The van der Waals surface area contributed by atoms with Crippen LogP contribution in [0.25, 0.3) is 0 Å². The Morgan fingerprint density at radius 1 is 1.09 bits per heavy atom. The van der Waals surface area contributed by atoms with Crippen molar-refractivity contribution < 1.29 is 19.5 Å². The van der Waals surface area contributed by atoms with Gasteiger partial charge in [-0.3, -0.25) is 14.4 Å². The van der Waals surface area contributed by atoms with Crippen LogP contribution in [0.4, 0.5) is 0 Å².